The number of imide groups is 1. The van der Waals surface area contributed by atoms with Crippen molar-refractivity contribution in [1.82, 2.24) is 5.32 Å². The van der Waals surface area contributed by atoms with Crippen LogP contribution in [0.15, 0.2) is 54.6 Å². The number of primary amides is 1. The van der Waals surface area contributed by atoms with Crippen LogP contribution in [0.1, 0.15) is 6.92 Å². The maximum absolute atomic E-state index is 11.7. The molecule has 114 valence electrons. The van der Waals surface area contributed by atoms with Gasteiger partial charge in [-0.25, -0.2) is 4.79 Å². The van der Waals surface area contributed by atoms with E-state index in [0.29, 0.717) is 17.2 Å². The first-order valence-corrected chi connectivity index (χ1v) is 6.75. The molecular formula is C16H17N3O3. The molecule has 0 bridgehead atoms. The van der Waals surface area contributed by atoms with Crippen molar-refractivity contribution in [3.05, 3.63) is 54.6 Å². The Labute approximate surface area is 128 Å². The van der Waals surface area contributed by atoms with E-state index in [-0.39, 0.29) is 0 Å². The zero-order valence-corrected chi connectivity index (χ0v) is 12.1. The molecule has 0 unspecified atom stereocenters. The summed E-state index contributed by atoms with van der Waals surface area (Å²) in [5.41, 5.74) is 5.57. The van der Waals surface area contributed by atoms with E-state index in [0.717, 1.165) is 0 Å². The van der Waals surface area contributed by atoms with E-state index in [1.54, 1.807) is 19.1 Å². The van der Waals surface area contributed by atoms with E-state index in [2.05, 4.69) is 5.32 Å². The molecule has 1 atom stereocenters. The Morgan fingerprint density at radius 1 is 1.05 bits per heavy atom. The molecule has 6 heteroatoms. The molecule has 22 heavy (non-hydrogen) atoms. The number of amides is 3. The average molecular weight is 299 g/mol. The minimum absolute atomic E-state index is 0.512. The molecule has 0 aliphatic carbocycles. The van der Waals surface area contributed by atoms with Gasteiger partial charge >= 0.3 is 6.03 Å². The predicted molar refractivity (Wildman–Crippen MR) is 83.8 cm³/mol. The van der Waals surface area contributed by atoms with Crippen molar-refractivity contribution in [2.45, 2.75) is 13.0 Å². The summed E-state index contributed by atoms with van der Waals surface area (Å²) < 4.78 is 5.79. The quantitative estimate of drug-likeness (QED) is 0.790. The molecule has 0 saturated carbocycles. The Hall–Kier alpha value is -3.02. The van der Waals surface area contributed by atoms with Gasteiger partial charge in [0.05, 0.1) is 5.69 Å². The molecule has 0 spiro atoms. The number of anilines is 1. The fraction of sp³-hybridized carbons (Fsp3) is 0.125. The smallest absolute Gasteiger partial charge is 0.318 e. The Balaban J connectivity index is 2.11. The molecule has 3 amide bonds. The second-order valence-corrected chi connectivity index (χ2v) is 4.63. The molecule has 0 fully saturated rings. The number of carbonyl (C=O) groups is 2. The Morgan fingerprint density at radius 3 is 2.36 bits per heavy atom. The molecule has 0 aliphatic heterocycles. The molecule has 0 aromatic heterocycles. The summed E-state index contributed by atoms with van der Waals surface area (Å²) in [5, 5.41) is 5.02. The second kappa shape index (κ2) is 7.12. The highest BCUT2D eigenvalue weighted by Crippen LogP contribution is 2.29. The van der Waals surface area contributed by atoms with Crippen molar-refractivity contribution in [3.8, 4) is 11.5 Å². The number of carbonyl (C=O) groups excluding carboxylic acids is 2. The van der Waals surface area contributed by atoms with Crippen LogP contribution in [0.25, 0.3) is 0 Å². The fourth-order valence-corrected chi connectivity index (χ4v) is 1.82. The van der Waals surface area contributed by atoms with Gasteiger partial charge in [-0.1, -0.05) is 30.3 Å². The maximum atomic E-state index is 11.7. The zero-order valence-electron chi connectivity index (χ0n) is 12.1. The van der Waals surface area contributed by atoms with Crippen LogP contribution in [-0.4, -0.2) is 18.0 Å². The minimum atomic E-state index is -0.882. The van der Waals surface area contributed by atoms with E-state index in [1.165, 1.54) is 0 Å². The number of ether oxygens (including phenoxy) is 1. The number of hydrogen-bond acceptors (Lipinski definition) is 4. The number of nitrogens with one attached hydrogen (secondary N) is 2. The number of rotatable bonds is 5. The molecule has 0 saturated heterocycles. The number of nitrogens with two attached hydrogens (primary N) is 1. The predicted octanol–water partition coefficient (Wildman–Crippen LogP) is 2.47. The van der Waals surface area contributed by atoms with E-state index < -0.39 is 18.0 Å². The highest BCUT2D eigenvalue weighted by molar-refractivity contribution is 5.97. The third-order valence-corrected chi connectivity index (χ3v) is 2.87. The van der Waals surface area contributed by atoms with Crippen LogP contribution >= 0.6 is 0 Å². The van der Waals surface area contributed by atoms with Crippen LogP contribution in [0.2, 0.25) is 0 Å². The average Bonchev–Trinajstić information content (AvgIpc) is 2.49. The van der Waals surface area contributed by atoms with Crippen LogP contribution in [0.3, 0.4) is 0 Å². The molecule has 0 radical (unpaired) electrons. The van der Waals surface area contributed by atoms with Crippen molar-refractivity contribution in [2.24, 2.45) is 5.73 Å². The molecule has 4 N–H and O–H groups in total. The number of para-hydroxylation sites is 3. The SMILES string of the molecule is C[C@@H](Nc1ccccc1Oc1ccccc1)C(=O)NC(N)=O. The summed E-state index contributed by atoms with van der Waals surface area (Å²) >= 11 is 0. The van der Waals surface area contributed by atoms with E-state index >= 15 is 0 Å². The van der Waals surface area contributed by atoms with Gasteiger partial charge in [-0.2, -0.15) is 0 Å². The van der Waals surface area contributed by atoms with Crippen molar-refractivity contribution in [1.29, 1.82) is 0 Å². The van der Waals surface area contributed by atoms with Gasteiger partial charge in [0.25, 0.3) is 0 Å². The van der Waals surface area contributed by atoms with Crippen molar-refractivity contribution in [2.75, 3.05) is 5.32 Å². The van der Waals surface area contributed by atoms with Crippen molar-refractivity contribution < 1.29 is 14.3 Å². The first-order chi connectivity index (χ1) is 10.6. The summed E-state index contributed by atoms with van der Waals surface area (Å²) in [6.45, 7) is 1.62. The topological polar surface area (TPSA) is 93.4 Å². The Bertz CT molecular complexity index is 659. The fourth-order valence-electron chi connectivity index (χ4n) is 1.82. The number of hydrogen-bond donors (Lipinski definition) is 3. The first kappa shape index (κ1) is 15.4. The lowest BCUT2D eigenvalue weighted by molar-refractivity contribution is -0.120. The molecule has 2 rings (SSSR count). The van der Waals surface area contributed by atoms with Crippen molar-refractivity contribution in [3.63, 3.8) is 0 Å². The zero-order chi connectivity index (χ0) is 15.9. The van der Waals surface area contributed by atoms with E-state index in [4.69, 9.17) is 10.5 Å². The third-order valence-electron chi connectivity index (χ3n) is 2.87. The van der Waals surface area contributed by atoms with Gasteiger partial charge in [0.1, 0.15) is 11.8 Å². The van der Waals surface area contributed by atoms with Crippen molar-refractivity contribution >= 4 is 17.6 Å². The highest BCUT2D eigenvalue weighted by atomic mass is 16.5. The molecular weight excluding hydrogens is 282 g/mol. The standard InChI is InChI=1S/C16H17N3O3/c1-11(15(20)19-16(17)21)18-13-9-5-6-10-14(13)22-12-7-3-2-4-8-12/h2-11,18H,1H3,(H3,17,19,20,21)/t11-/m1/s1. The summed E-state index contributed by atoms with van der Waals surface area (Å²) in [6.07, 6.45) is 0. The maximum Gasteiger partial charge on any atom is 0.318 e. The summed E-state index contributed by atoms with van der Waals surface area (Å²) in [6, 6.07) is 15.0. The first-order valence-electron chi connectivity index (χ1n) is 6.75. The van der Waals surface area contributed by atoms with E-state index in [9.17, 15) is 9.59 Å². The van der Waals surface area contributed by atoms with Gasteiger partial charge < -0.3 is 15.8 Å². The lowest BCUT2D eigenvalue weighted by atomic mass is 10.2. The molecule has 0 heterocycles. The number of benzene rings is 2. The van der Waals surface area contributed by atoms with Crippen LogP contribution in [-0.2, 0) is 4.79 Å². The lowest BCUT2D eigenvalue weighted by Crippen LogP contribution is -2.43. The third kappa shape index (κ3) is 4.24. The van der Waals surface area contributed by atoms with Gasteiger partial charge in [0.15, 0.2) is 5.75 Å². The van der Waals surface area contributed by atoms with Crippen LogP contribution < -0.4 is 21.1 Å². The summed E-state index contributed by atoms with van der Waals surface area (Å²) in [4.78, 5) is 22.4. The second-order valence-electron chi connectivity index (χ2n) is 4.63. The van der Waals surface area contributed by atoms with Gasteiger partial charge in [-0.05, 0) is 31.2 Å². The molecule has 2 aromatic rings. The lowest BCUT2D eigenvalue weighted by Gasteiger charge is -2.17. The van der Waals surface area contributed by atoms with Crippen LogP contribution in [0.5, 0.6) is 11.5 Å². The van der Waals surface area contributed by atoms with Crippen LogP contribution in [0.4, 0.5) is 10.5 Å². The van der Waals surface area contributed by atoms with Gasteiger partial charge in [-0.15, -0.1) is 0 Å². The van der Waals surface area contributed by atoms with Gasteiger partial charge in [-0.3, -0.25) is 10.1 Å². The minimum Gasteiger partial charge on any atom is -0.455 e. The summed E-state index contributed by atoms with van der Waals surface area (Å²) in [7, 11) is 0. The van der Waals surface area contributed by atoms with Gasteiger partial charge in [0.2, 0.25) is 5.91 Å². The van der Waals surface area contributed by atoms with Crippen LogP contribution in [0, 0.1) is 0 Å². The highest BCUT2D eigenvalue weighted by Gasteiger charge is 2.16. The number of urea groups is 1. The van der Waals surface area contributed by atoms with Gasteiger partial charge in [0, 0.05) is 0 Å². The largest absolute Gasteiger partial charge is 0.455 e. The molecule has 2 aromatic carbocycles. The molecule has 6 nitrogen and oxygen atoms in total. The Kier molecular flexibility index (Phi) is 4.98. The monoisotopic (exact) mass is 299 g/mol. The molecule has 0 aliphatic rings. The Morgan fingerprint density at radius 2 is 1.68 bits per heavy atom. The normalized spacial score (nSPS) is 11.3. The summed E-state index contributed by atoms with van der Waals surface area (Å²) in [5.74, 6) is 0.750. The van der Waals surface area contributed by atoms with E-state index in [1.807, 2.05) is 47.8 Å².